The van der Waals surface area contributed by atoms with E-state index < -0.39 is 0 Å². The van der Waals surface area contributed by atoms with E-state index in [4.69, 9.17) is 4.74 Å². The molecule has 0 aliphatic heterocycles. The standard InChI is InChI=1S/C18H15N3O2/c1-3-5-12-6-8-13(9-7-12)16-15-14(18(22)23-4-2)10-19-17(15)21-11-20-16/h6-11H,4H2,1-2H3,(H,19,20,21). The first kappa shape index (κ1) is 14.8. The van der Waals surface area contributed by atoms with E-state index in [1.165, 1.54) is 6.33 Å². The molecule has 5 heteroatoms. The Bertz CT molecular complexity index is 915. The molecule has 23 heavy (non-hydrogen) atoms. The summed E-state index contributed by atoms with van der Waals surface area (Å²) < 4.78 is 5.10. The van der Waals surface area contributed by atoms with Crippen molar-refractivity contribution in [3.05, 3.63) is 47.9 Å². The second kappa shape index (κ2) is 6.32. The normalized spacial score (nSPS) is 10.2. The number of benzene rings is 1. The number of hydrogen-bond donors (Lipinski definition) is 1. The minimum atomic E-state index is -0.386. The van der Waals surface area contributed by atoms with E-state index >= 15 is 0 Å². The highest BCUT2D eigenvalue weighted by molar-refractivity contribution is 6.08. The molecule has 1 N–H and O–H groups in total. The number of H-pyrrole nitrogens is 1. The van der Waals surface area contributed by atoms with Crippen LogP contribution in [0, 0.1) is 11.8 Å². The number of aromatic nitrogens is 3. The molecule has 0 radical (unpaired) electrons. The van der Waals surface area contributed by atoms with Crippen LogP contribution in [0.15, 0.2) is 36.8 Å². The summed E-state index contributed by atoms with van der Waals surface area (Å²) in [6.07, 6.45) is 3.08. The van der Waals surface area contributed by atoms with E-state index in [9.17, 15) is 4.79 Å². The van der Waals surface area contributed by atoms with Crippen molar-refractivity contribution in [2.75, 3.05) is 6.61 Å². The van der Waals surface area contributed by atoms with Gasteiger partial charge in [0.15, 0.2) is 0 Å². The maximum Gasteiger partial charge on any atom is 0.340 e. The van der Waals surface area contributed by atoms with Crippen molar-refractivity contribution in [1.82, 2.24) is 15.0 Å². The Balaban J connectivity index is 2.14. The fraction of sp³-hybridized carbons (Fsp3) is 0.167. The Morgan fingerprint density at radius 1 is 1.26 bits per heavy atom. The predicted molar refractivity (Wildman–Crippen MR) is 87.8 cm³/mol. The topological polar surface area (TPSA) is 67.9 Å². The first-order chi connectivity index (χ1) is 11.2. The van der Waals surface area contributed by atoms with Gasteiger partial charge in [0, 0.05) is 17.3 Å². The third kappa shape index (κ3) is 2.79. The van der Waals surface area contributed by atoms with Gasteiger partial charge in [-0.1, -0.05) is 18.1 Å². The van der Waals surface area contributed by atoms with Crippen LogP contribution in [0.25, 0.3) is 22.3 Å². The monoisotopic (exact) mass is 305 g/mol. The van der Waals surface area contributed by atoms with Crippen LogP contribution in [-0.4, -0.2) is 27.5 Å². The molecule has 0 aliphatic rings. The van der Waals surface area contributed by atoms with Crippen LogP contribution >= 0.6 is 0 Å². The number of nitrogens with one attached hydrogen (secondary N) is 1. The van der Waals surface area contributed by atoms with Gasteiger partial charge in [0.25, 0.3) is 0 Å². The SMILES string of the molecule is CC#Cc1ccc(-c2ncnc3[nH]cc(C(=O)OCC)c23)cc1. The number of ether oxygens (including phenoxy) is 1. The highest BCUT2D eigenvalue weighted by atomic mass is 16.5. The molecular weight excluding hydrogens is 290 g/mol. The summed E-state index contributed by atoms with van der Waals surface area (Å²) in [5.41, 5.74) is 3.56. The van der Waals surface area contributed by atoms with Gasteiger partial charge in [0.05, 0.1) is 23.3 Å². The van der Waals surface area contributed by atoms with Crippen molar-refractivity contribution in [2.24, 2.45) is 0 Å². The molecule has 3 aromatic rings. The third-order valence-electron chi connectivity index (χ3n) is 3.39. The predicted octanol–water partition coefficient (Wildman–Crippen LogP) is 3.17. The number of rotatable bonds is 3. The second-order valence-corrected chi connectivity index (χ2v) is 4.82. The Labute approximate surface area is 133 Å². The average Bonchev–Trinajstić information content (AvgIpc) is 3.00. The maximum absolute atomic E-state index is 12.1. The van der Waals surface area contributed by atoms with Crippen LogP contribution in [0.3, 0.4) is 0 Å². The molecule has 0 bridgehead atoms. The number of aromatic amines is 1. The molecule has 0 spiro atoms. The van der Waals surface area contributed by atoms with E-state index in [1.807, 2.05) is 24.3 Å². The lowest BCUT2D eigenvalue weighted by molar-refractivity contribution is 0.0528. The zero-order valence-corrected chi connectivity index (χ0v) is 12.9. The Morgan fingerprint density at radius 2 is 2.04 bits per heavy atom. The number of fused-ring (bicyclic) bond motifs is 1. The molecule has 2 aromatic heterocycles. The van der Waals surface area contributed by atoms with Gasteiger partial charge in [-0.2, -0.15) is 0 Å². The number of esters is 1. The minimum Gasteiger partial charge on any atom is -0.462 e. The van der Waals surface area contributed by atoms with Crippen LogP contribution < -0.4 is 0 Å². The van der Waals surface area contributed by atoms with Crippen molar-refractivity contribution >= 4 is 17.0 Å². The molecular formula is C18H15N3O2. The summed E-state index contributed by atoms with van der Waals surface area (Å²) in [4.78, 5) is 23.7. The van der Waals surface area contributed by atoms with E-state index in [0.717, 1.165) is 11.1 Å². The lowest BCUT2D eigenvalue weighted by atomic mass is 10.0. The van der Waals surface area contributed by atoms with Gasteiger partial charge in [-0.25, -0.2) is 14.8 Å². The average molecular weight is 305 g/mol. The first-order valence-corrected chi connectivity index (χ1v) is 7.27. The van der Waals surface area contributed by atoms with Crippen LogP contribution in [0.4, 0.5) is 0 Å². The molecule has 0 fully saturated rings. The Morgan fingerprint density at radius 3 is 2.74 bits per heavy atom. The van der Waals surface area contributed by atoms with E-state index in [2.05, 4.69) is 26.8 Å². The summed E-state index contributed by atoms with van der Waals surface area (Å²) in [6, 6.07) is 7.72. The van der Waals surface area contributed by atoms with Gasteiger partial charge in [0.1, 0.15) is 12.0 Å². The van der Waals surface area contributed by atoms with Gasteiger partial charge in [-0.3, -0.25) is 0 Å². The first-order valence-electron chi connectivity index (χ1n) is 7.27. The molecule has 1 aromatic carbocycles. The zero-order valence-electron chi connectivity index (χ0n) is 12.9. The van der Waals surface area contributed by atoms with Crippen LogP contribution in [0.5, 0.6) is 0 Å². The maximum atomic E-state index is 12.1. The summed E-state index contributed by atoms with van der Waals surface area (Å²) in [5.74, 6) is 5.48. The molecule has 2 heterocycles. The molecule has 0 atom stereocenters. The van der Waals surface area contributed by atoms with Crippen molar-refractivity contribution in [3.8, 4) is 23.1 Å². The molecule has 3 rings (SSSR count). The van der Waals surface area contributed by atoms with E-state index in [-0.39, 0.29) is 5.97 Å². The fourth-order valence-electron chi connectivity index (χ4n) is 2.41. The summed E-state index contributed by atoms with van der Waals surface area (Å²) in [5, 5.41) is 0.667. The smallest absolute Gasteiger partial charge is 0.340 e. The number of nitrogens with zero attached hydrogens (tertiary/aromatic N) is 2. The van der Waals surface area contributed by atoms with Crippen LogP contribution in [0.1, 0.15) is 29.8 Å². The van der Waals surface area contributed by atoms with Crippen molar-refractivity contribution in [3.63, 3.8) is 0 Å². The van der Waals surface area contributed by atoms with Crippen molar-refractivity contribution < 1.29 is 9.53 Å². The molecule has 114 valence electrons. The van der Waals surface area contributed by atoms with Crippen molar-refractivity contribution in [1.29, 1.82) is 0 Å². The molecule has 5 nitrogen and oxygen atoms in total. The highest BCUT2D eigenvalue weighted by Gasteiger charge is 2.18. The van der Waals surface area contributed by atoms with Gasteiger partial charge in [0.2, 0.25) is 0 Å². The number of carbonyl (C=O) groups is 1. The lowest BCUT2D eigenvalue weighted by Gasteiger charge is -2.05. The second-order valence-electron chi connectivity index (χ2n) is 4.82. The van der Waals surface area contributed by atoms with Crippen LogP contribution in [0.2, 0.25) is 0 Å². The third-order valence-corrected chi connectivity index (χ3v) is 3.39. The summed E-state index contributed by atoms with van der Waals surface area (Å²) >= 11 is 0. The largest absolute Gasteiger partial charge is 0.462 e. The zero-order chi connectivity index (χ0) is 16.2. The molecule has 0 aliphatic carbocycles. The minimum absolute atomic E-state index is 0.318. The van der Waals surface area contributed by atoms with Gasteiger partial charge in [-0.15, -0.1) is 5.92 Å². The van der Waals surface area contributed by atoms with Gasteiger partial charge in [-0.05, 0) is 26.0 Å². The molecule has 0 amide bonds. The fourth-order valence-corrected chi connectivity index (χ4v) is 2.41. The lowest BCUT2D eigenvalue weighted by Crippen LogP contribution is -2.04. The van der Waals surface area contributed by atoms with E-state index in [1.54, 1.807) is 20.0 Å². The van der Waals surface area contributed by atoms with E-state index in [0.29, 0.717) is 28.9 Å². The molecule has 0 unspecified atom stereocenters. The number of hydrogen-bond acceptors (Lipinski definition) is 4. The number of carbonyl (C=O) groups excluding carboxylic acids is 1. The molecule has 0 saturated carbocycles. The van der Waals surface area contributed by atoms with Gasteiger partial charge < -0.3 is 9.72 Å². The van der Waals surface area contributed by atoms with Gasteiger partial charge >= 0.3 is 5.97 Å². The van der Waals surface area contributed by atoms with Crippen LogP contribution in [-0.2, 0) is 4.74 Å². The Hall–Kier alpha value is -3.13. The Kier molecular flexibility index (Phi) is 4.07. The summed E-state index contributed by atoms with van der Waals surface area (Å²) in [7, 11) is 0. The highest BCUT2D eigenvalue weighted by Crippen LogP contribution is 2.28. The summed E-state index contributed by atoms with van der Waals surface area (Å²) in [6.45, 7) is 3.89. The quantitative estimate of drug-likeness (QED) is 0.596. The van der Waals surface area contributed by atoms with Crippen molar-refractivity contribution in [2.45, 2.75) is 13.8 Å². The molecule has 0 saturated heterocycles.